The van der Waals surface area contributed by atoms with E-state index in [1.165, 1.54) is 7.11 Å². The summed E-state index contributed by atoms with van der Waals surface area (Å²) in [7, 11) is 1.37. The lowest BCUT2D eigenvalue weighted by Gasteiger charge is -2.30. The molecule has 0 aliphatic heterocycles. The lowest BCUT2D eigenvalue weighted by molar-refractivity contribution is -0.145. The van der Waals surface area contributed by atoms with Crippen molar-refractivity contribution in [3.63, 3.8) is 0 Å². The molecule has 1 unspecified atom stereocenters. The Morgan fingerprint density at radius 1 is 1.19 bits per heavy atom. The first-order valence-electron chi connectivity index (χ1n) is 6.34. The van der Waals surface area contributed by atoms with Gasteiger partial charge < -0.3 is 10.1 Å². The Labute approximate surface area is 137 Å². The summed E-state index contributed by atoms with van der Waals surface area (Å²) in [6.45, 7) is 1.77. The summed E-state index contributed by atoms with van der Waals surface area (Å²) in [5, 5.41) is 3.73. The fraction of sp³-hybridized carbons (Fsp3) is 0.188. The summed E-state index contributed by atoms with van der Waals surface area (Å²) in [4.78, 5) is 12.3. The predicted molar refractivity (Wildman–Crippen MR) is 88.6 cm³/mol. The molecule has 0 aliphatic carbocycles. The van der Waals surface area contributed by atoms with Gasteiger partial charge in [0.15, 0.2) is 5.54 Å². The van der Waals surface area contributed by atoms with Gasteiger partial charge in [-0.15, -0.1) is 0 Å². The van der Waals surface area contributed by atoms with Gasteiger partial charge in [-0.05, 0) is 36.8 Å². The summed E-state index contributed by atoms with van der Waals surface area (Å²) >= 11 is 9.56. The van der Waals surface area contributed by atoms with Crippen molar-refractivity contribution in [2.45, 2.75) is 12.5 Å². The van der Waals surface area contributed by atoms with Gasteiger partial charge in [-0.3, -0.25) is 0 Å². The van der Waals surface area contributed by atoms with Crippen LogP contribution in [0.4, 0.5) is 5.69 Å². The Balaban J connectivity index is 2.45. The third-order valence-electron chi connectivity index (χ3n) is 3.27. The zero-order valence-corrected chi connectivity index (χ0v) is 14.0. The van der Waals surface area contributed by atoms with Crippen molar-refractivity contribution < 1.29 is 9.53 Å². The average molecular weight is 369 g/mol. The maximum absolute atomic E-state index is 12.3. The highest BCUT2D eigenvalue weighted by molar-refractivity contribution is 9.10. The average Bonchev–Trinajstić information content (AvgIpc) is 2.49. The van der Waals surface area contributed by atoms with E-state index in [9.17, 15) is 4.79 Å². The van der Waals surface area contributed by atoms with E-state index in [2.05, 4.69) is 21.2 Å². The van der Waals surface area contributed by atoms with E-state index < -0.39 is 5.54 Å². The monoisotopic (exact) mass is 367 g/mol. The molecular weight excluding hydrogens is 354 g/mol. The Morgan fingerprint density at radius 3 is 2.38 bits per heavy atom. The highest BCUT2D eigenvalue weighted by Gasteiger charge is 2.36. The summed E-state index contributed by atoms with van der Waals surface area (Å²) in [6.07, 6.45) is 0. The highest BCUT2D eigenvalue weighted by Crippen LogP contribution is 2.31. The van der Waals surface area contributed by atoms with Crippen LogP contribution in [0.25, 0.3) is 0 Å². The maximum atomic E-state index is 12.3. The lowest BCUT2D eigenvalue weighted by atomic mass is 9.91. The first kappa shape index (κ1) is 15.9. The van der Waals surface area contributed by atoms with E-state index in [4.69, 9.17) is 16.3 Å². The van der Waals surface area contributed by atoms with Crippen molar-refractivity contribution in [2.24, 2.45) is 0 Å². The number of para-hydroxylation sites is 1. The van der Waals surface area contributed by atoms with Crippen molar-refractivity contribution in [2.75, 3.05) is 12.4 Å². The van der Waals surface area contributed by atoms with Gasteiger partial charge in [0.1, 0.15) is 0 Å². The molecule has 2 rings (SSSR count). The van der Waals surface area contributed by atoms with Gasteiger partial charge in [0.2, 0.25) is 0 Å². The van der Waals surface area contributed by atoms with Crippen LogP contribution in [-0.2, 0) is 15.1 Å². The van der Waals surface area contributed by atoms with Gasteiger partial charge in [0.25, 0.3) is 0 Å². The molecule has 0 saturated carbocycles. The second-order valence-electron chi connectivity index (χ2n) is 4.73. The number of methoxy groups -OCH3 is 1. The lowest BCUT2D eigenvalue weighted by Crippen LogP contribution is -2.41. The topological polar surface area (TPSA) is 38.3 Å². The van der Waals surface area contributed by atoms with Crippen LogP contribution >= 0.6 is 27.5 Å². The second-order valence-corrected chi connectivity index (χ2v) is 6.05. The van der Waals surface area contributed by atoms with E-state index in [0.717, 1.165) is 10.0 Å². The zero-order chi connectivity index (χ0) is 15.5. The van der Waals surface area contributed by atoms with Crippen molar-refractivity contribution in [1.29, 1.82) is 0 Å². The van der Waals surface area contributed by atoms with Crippen LogP contribution < -0.4 is 5.32 Å². The van der Waals surface area contributed by atoms with E-state index in [0.29, 0.717) is 10.7 Å². The van der Waals surface area contributed by atoms with Crippen molar-refractivity contribution in [3.05, 3.63) is 63.6 Å². The number of esters is 1. The summed E-state index contributed by atoms with van der Waals surface area (Å²) in [6, 6.07) is 14.8. The van der Waals surface area contributed by atoms with Crippen molar-refractivity contribution >= 4 is 39.2 Å². The van der Waals surface area contributed by atoms with Crippen molar-refractivity contribution in [3.8, 4) is 0 Å². The number of carbonyl (C=O) groups is 1. The molecule has 5 heteroatoms. The summed E-state index contributed by atoms with van der Waals surface area (Å²) < 4.78 is 5.90. The van der Waals surface area contributed by atoms with E-state index in [1.54, 1.807) is 13.0 Å². The Morgan fingerprint density at radius 2 is 1.81 bits per heavy atom. The van der Waals surface area contributed by atoms with Gasteiger partial charge in [0, 0.05) is 4.47 Å². The van der Waals surface area contributed by atoms with Gasteiger partial charge in [-0.1, -0.05) is 51.8 Å². The highest BCUT2D eigenvalue weighted by atomic mass is 79.9. The van der Waals surface area contributed by atoms with Crippen LogP contribution in [0, 0.1) is 0 Å². The standard InChI is InChI=1S/C16H15BrClNO2/c1-16(15(20)21-2,11-7-9-12(17)10-8-11)19-14-6-4-3-5-13(14)18/h3-10,19H,1-2H3. The largest absolute Gasteiger partial charge is 0.467 e. The number of hydrogen-bond donors (Lipinski definition) is 1. The molecular formula is C16H15BrClNO2. The quantitative estimate of drug-likeness (QED) is 0.801. The molecule has 0 aliphatic rings. The number of benzene rings is 2. The number of carbonyl (C=O) groups excluding carboxylic acids is 1. The van der Waals surface area contributed by atoms with Crippen LogP contribution in [0.3, 0.4) is 0 Å². The van der Waals surface area contributed by atoms with Gasteiger partial charge in [0.05, 0.1) is 17.8 Å². The van der Waals surface area contributed by atoms with Crippen LogP contribution in [0.2, 0.25) is 5.02 Å². The third-order valence-corrected chi connectivity index (χ3v) is 4.13. The van der Waals surface area contributed by atoms with Gasteiger partial charge in [-0.25, -0.2) is 4.79 Å². The second kappa shape index (κ2) is 6.50. The summed E-state index contributed by atoms with van der Waals surface area (Å²) in [5.41, 5.74) is 0.438. The normalized spacial score (nSPS) is 13.3. The summed E-state index contributed by atoms with van der Waals surface area (Å²) in [5.74, 6) is -0.384. The molecule has 0 heterocycles. The van der Waals surface area contributed by atoms with Crippen LogP contribution in [-0.4, -0.2) is 13.1 Å². The fourth-order valence-corrected chi connectivity index (χ4v) is 2.51. The van der Waals surface area contributed by atoms with Gasteiger partial charge in [-0.2, -0.15) is 0 Å². The number of hydrogen-bond acceptors (Lipinski definition) is 3. The molecule has 0 fully saturated rings. The molecule has 2 aromatic rings. The molecule has 21 heavy (non-hydrogen) atoms. The molecule has 0 amide bonds. The molecule has 0 saturated heterocycles. The predicted octanol–water partition coefficient (Wildman–Crippen LogP) is 4.60. The molecule has 0 spiro atoms. The number of anilines is 1. The van der Waals surface area contributed by atoms with E-state index in [-0.39, 0.29) is 5.97 Å². The smallest absolute Gasteiger partial charge is 0.335 e. The third kappa shape index (κ3) is 3.39. The number of nitrogens with one attached hydrogen (secondary N) is 1. The fourth-order valence-electron chi connectivity index (χ4n) is 2.06. The molecule has 0 aromatic heterocycles. The zero-order valence-electron chi connectivity index (χ0n) is 11.7. The minimum Gasteiger partial charge on any atom is -0.467 e. The molecule has 2 aromatic carbocycles. The number of halogens is 2. The SMILES string of the molecule is COC(=O)C(C)(Nc1ccccc1Cl)c1ccc(Br)cc1. The van der Waals surface area contributed by atoms with Crippen LogP contribution in [0.1, 0.15) is 12.5 Å². The molecule has 1 atom stereocenters. The van der Waals surface area contributed by atoms with Crippen molar-refractivity contribution in [1.82, 2.24) is 0 Å². The Bertz CT molecular complexity index is 645. The number of ether oxygens (including phenoxy) is 1. The molecule has 0 radical (unpaired) electrons. The molecule has 3 nitrogen and oxygen atoms in total. The van der Waals surface area contributed by atoms with Crippen LogP contribution in [0.5, 0.6) is 0 Å². The Kier molecular flexibility index (Phi) is 4.91. The molecule has 0 bridgehead atoms. The first-order valence-corrected chi connectivity index (χ1v) is 7.51. The molecule has 1 N–H and O–H groups in total. The van der Waals surface area contributed by atoms with E-state index in [1.807, 2.05) is 42.5 Å². The number of rotatable bonds is 4. The van der Waals surface area contributed by atoms with E-state index >= 15 is 0 Å². The Hall–Kier alpha value is -1.52. The first-order chi connectivity index (χ1) is 9.97. The minimum atomic E-state index is -1.03. The van der Waals surface area contributed by atoms with Crippen LogP contribution in [0.15, 0.2) is 53.0 Å². The van der Waals surface area contributed by atoms with Gasteiger partial charge >= 0.3 is 5.97 Å². The minimum absolute atomic E-state index is 0.384. The molecule has 110 valence electrons. The maximum Gasteiger partial charge on any atom is 0.335 e.